The van der Waals surface area contributed by atoms with Crippen molar-refractivity contribution in [3.8, 4) is 5.75 Å². The van der Waals surface area contributed by atoms with E-state index in [0.717, 1.165) is 17.0 Å². The van der Waals surface area contributed by atoms with Crippen molar-refractivity contribution in [1.82, 2.24) is 4.98 Å². The molecule has 1 amide bonds. The van der Waals surface area contributed by atoms with Crippen molar-refractivity contribution in [3.63, 3.8) is 0 Å². The van der Waals surface area contributed by atoms with Gasteiger partial charge in [0, 0.05) is 11.8 Å². The molecule has 1 N–H and O–H groups in total. The molecule has 2 heterocycles. The van der Waals surface area contributed by atoms with Crippen LogP contribution in [0.4, 0.5) is 5.69 Å². The predicted octanol–water partition coefficient (Wildman–Crippen LogP) is 2.59. The Labute approximate surface area is 111 Å². The Morgan fingerprint density at radius 1 is 1.26 bits per heavy atom. The van der Waals surface area contributed by atoms with Gasteiger partial charge in [-0.25, -0.2) is 0 Å². The minimum absolute atomic E-state index is 0.0104. The van der Waals surface area contributed by atoms with Crippen LogP contribution in [-0.4, -0.2) is 17.5 Å². The lowest BCUT2D eigenvalue weighted by atomic mass is 9.92. The fourth-order valence-electron chi connectivity index (χ4n) is 2.28. The van der Waals surface area contributed by atoms with Crippen molar-refractivity contribution < 1.29 is 9.53 Å². The maximum atomic E-state index is 12.3. The number of benzene rings is 1. The van der Waals surface area contributed by atoms with Gasteiger partial charge in [-0.2, -0.15) is 0 Å². The molecule has 1 aliphatic rings. The molecule has 3 rings (SSSR count). The second-order valence-corrected chi connectivity index (χ2v) is 4.46. The number of carbonyl (C=O) groups excluding carboxylic acids is 1. The highest BCUT2D eigenvalue weighted by molar-refractivity contribution is 5.96. The van der Waals surface area contributed by atoms with Crippen molar-refractivity contribution in [2.45, 2.75) is 12.3 Å². The molecule has 1 unspecified atom stereocenters. The zero-order valence-corrected chi connectivity index (χ0v) is 10.4. The van der Waals surface area contributed by atoms with Crippen LogP contribution in [0, 0.1) is 0 Å². The summed E-state index contributed by atoms with van der Waals surface area (Å²) in [6.45, 7) is 0.572. The van der Waals surface area contributed by atoms with Gasteiger partial charge in [0.1, 0.15) is 5.75 Å². The lowest BCUT2D eigenvalue weighted by Gasteiger charge is -2.24. The molecule has 1 aromatic heterocycles. The summed E-state index contributed by atoms with van der Waals surface area (Å²) in [5.74, 6) is 0.633. The lowest BCUT2D eigenvalue weighted by Crippen LogP contribution is -2.26. The number of fused-ring (bicyclic) bond motifs is 1. The van der Waals surface area contributed by atoms with Gasteiger partial charge in [0.15, 0.2) is 0 Å². The van der Waals surface area contributed by atoms with Crippen molar-refractivity contribution in [3.05, 3.63) is 54.4 Å². The first kappa shape index (κ1) is 11.7. The van der Waals surface area contributed by atoms with E-state index < -0.39 is 0 Å². The average Bonchev–Trinajstić information content (AvgIpc) is 2.47. The Bertz CT molecular complexity index is 584. The molecule has 0 aliphatic carbocycles. The number of hydrogen-bond acceptors (Lipinski definition) is 3. The highest BCUT2D eigenvalue weighted by atomic mass is 16.5. The van der Waals surface area contributed by atoms with Crippen LogP contribution >= 0.6 is 0 Å². The summed E-state index contributed by atoms with van der Waals surface area (Å²) >= 11 is 0. The summed E-state index contributed by atoms with van der Waals surface area (Å²) in [5, 5.41) is 2.90. The molecule has 1 atom stereocenters. The number of ether oxygens (including phenoxy) is 1. The number of amides is 1. The Morgan fingerprint density at radius 2 is 2.16 bits per heavy atom. The van der Waals surface area contributed by atoms with Crippen molar-refractivity contribution in [2.75, 3.05) is 11.9 Å². The Morgan fingerprint density at radius 3 is 3.00 bits per heavy atom. The van der Waals surface area contributed by atoms with E-state index in [1.54, 1.807) is 18.5 Å². The quantitative estimate of drug-likeness (QED) is 0.896. The number of hydrogen-bond donors (Lipinski definition) is 1. The van der Waals surface area contributed by atoms with Crippen LogP contribution in [-0.2, 0) is 4.79 Å². The standard InChI is InChI=1S/C15H14N2O2/c18-15(17-11-4-3-8-16-10-11)13-7-9-19-14-6-2-1-5-12(13)14/h1-6,8,10,13H,7,9H2,(H,17,18). The molecule has 96 valence electrons. The van der Waals surface area contributed by atoms with Gasteiger partial charge in [0.25, 0.3) is 0 Å². The Kier molecular flexibility index (Phi) is 3.14. The van der Waals surface area contributed by atoms with Crippen LogP contribution in [0.15, 0.2) is 48.8 Å². The van der Waals surface area contributed by atoms with Gasteiger partial charge in [-0.1, -0.05) is 18.2 Å². The third-order valence-electron chi connectivity index (χ3n) is 3.20. The highest BCUT2D eigenvalue weighted by Crippen LogP contribution is 2.33. The predicted molar refractivity (Wildman–Crippen MR) is 72.2 cm³/mol. The van der Waals surface area contributed by atoms with Crippen LogP contribution in [0.3, 0.4) is 0 Å². The van der Waals surface area contributed by atoms with Crippen LogP contribution in [0.25, 0.3) is 0 Å². The van der Waals surface area contributed by atoms with Gasteiger partial charge in [0.05, 0.1) is 24.4 Å². The molecular weight excluding hydrogens is 240 g/mol. The molecule has 0 fully saturated rings. The van der Waals surface area contributed by atoms with Gasteiger partial charge in [-0.15, -0.1) is 0 Å². The molecule has 0 spiro atoms. The molecule has 0 bridgehead atoms. The molecule has 0 saturated heterocycles. The number of pyridine rings is 1. The Balaban J connectivity index is 1.82. The van der Waals surface area contributed by atoms with E-state index >= 15 is 0 Å². The van der Waals surface area contributed by atoms with E-state index in [0.29, 0.717) is 13.0 Å². The normalized spacial score (nSPS) is 17.2. The van der Waals surface area contributed by atoms with E-state index in [1.807, 2.05) is 30.3 Å². The third-order valence-corrected chi connectivity index (χ3v) is 3.20. The van der Waals surface area contributed by atoms with Gasteiger partial charge in [-0.05, 0) is 24.6 Å². The van der Waals surface area contributed by atoms with E-state index in [2.05, 4.69) is 10.3 Å². The summed E-state index contributed by atoms with van der Waals surface area (Å²) < 4.78 is 5.56. The van der Waals surface area contributed by atoms with E-state index in [-0.39, 0.29) is 11.8 Å². The van der Waals surface area contributed by atoms with Gasteiger partial charge >= 0.3 is 0 Å². The highest BCUT2D eigenvalue weighted by Gasteiger charge is 2.27. The summed E-state index contributed by atoms with van der Waals surface area (Å²) in [5.41, 5.74) is 1.67. The van der Waals surface area contributed by atoms with Gasteiger partial charge in [-0.3, -0.25) is 9.78 Å². The minimum Gasteiger partial charge on any atom is -0.493 e. The number of anilines is 1. The van der Waals surface area contributed by atoms with Crippen molar-refractivity contribution in [1.29, 1.82) is 0 Å². The minimum atomic E-state index is -0.162. The molecule has 1 aliphatic heterocycles. The average molecular weight is 254 g/mol. The lowest BCUT2D eigenvalue weighted by molar-refractivity contribution is -0.118. The summed E-state index contributed by atoms with van der Waals surface area (Å²) in [7, 11) is 0. The fraction of sp³-hybridized carbons (Fsp3) is 0.200. The first-order valence-corrected chi connectivity index (χ1v) is 6.27. The van der Waals surface area contributed by atoms with Crippen LogP contribution in [0.2, 0.25) is 0 Å². The number of rotatable bonds is 2. The first-order chi connectivity index (χ1) is 9.34. The fourth-order valence-corrected chi connectivity index (χ4v) is 2.28. The SMILES string of the molecule is O=C(Nc1cccnc1)C1CCOc2ccccc21. The molecule has 1 aromatic carbocycles. The maximum Gasteiger partial charge on any atom is 0.232 e. The monoisotopic (exact) mass is 254 g/mol. The molecule has 4 heteroatoms. The van der Waals surface area contributed by atoms with E-state index in [1.165, 1.54) is 0 Å². The van der Waals surface area contributed by atoms with Crippen molar-refractivity contribution in [2.24, 2.45) is 0 Å². The van der Waals surface area contributed by atoms with Crippen LogP contribution in [0.1, 0.15) is 17.9 Å². The third kappa shape index (κ3) is 2.42. The maximum absolute atomic E-state index is 12.3. The molecule has 4 nitrogen and oxygen atoms in total. The van der Waals surface area contributed by atoms with Gasteiger partial charge < -0.3 is 10.1 Å². The number of para-hydroxylation sites is 1. The number of aromatic nitrogens is 1. The zero-order chi connectivity index (χ0) is 13.1. The van der Waals surface area contributed by atoms with Crippen molar-refractivity contribution >= 4 is 11.6 Å². The molecule has 0 saturated carbocycles. The van der Waals surface area contributed by atoms with Gasteiger partial charge in [0.2, 0.25) is 5.91 Å². The molecule has 2 aromatic rings. The van der Waals surface area contributed by atoms with Crippen LogP contribution in [0.5, 0.6) is 5.75 Å². The summed E-state index contributed by atoms with van der Waals surface area (Å²) in [6.07, 6.45) is 4.02. The first-order valence-electron chi connectivity index (χ1n) is 6.27. The number of nitrogens with one attached hydrogen (secondary N) is 1. The zero-order valence-electron chi connectivity index (χ0n) is 10.4. The summed E-state index contributed by atoms with van der Waals surface area (Å²) in [6, 6.07) is 11.3. The second kappa shape index (κ2) is 5.10. The Hall–Kier alpha value is -2.36. The number of carbonyl (C=O) groups is 1. The largest absolute Gasteiger partial charge is 0.493 e. The van der Waals surface area contributed by atoms with Crippen LogP contribution < -0.4 is 10.1 Å². The molecule has 19 heavy (non-hydrogen) atoms. The topological polar surface area (TPSA) is 51.2 Å². The smallest absolute Gasteiger partial charge is 0.232 e. The van der Waals surface area contributed by atoms with E-state index in [9.17, 15) is 4.79 Å². The number of nitrogens with zero attached hydrogens (tertiary/aromatic N) is 1. The molecule has 0 radical (unpaired) electrons. The molecular formula is C15H14N2O2. The second-order valence-electron chi connectivity index (χ2n) is 4.46. The summed E-state index contributed by atoms with van der Waals surface area (Å²) in [4.78, 5) is 16.3. The van der Waals surface area contributed by atoms with E-state index in [4.69, 9.17) is 4.74 Å².